The minimum Gasteiger partial charge on any atom is -0.393 e. The quantitative estimate of drug-likeness (QED) is 0.455. The van der Waals surface area contributed by atoms with Crippen molar-refractivity contribution in [2.75, 3.05) is 5.32 Å². The van der Waals surface area contributed by atoms with Crippen LogP contribution >= 0.6 is 0 Å². The van der Waals surface area contributed by atoms with E-state index in [0.717, 1.165) is 35.5 Å². The molecule has 0 saturated carbocycles. The second kappa shape index (κ2) is 8.61. The molecule has 1 atom stereocenters. The molecule has 0 spiro atoms. The predicted molar refractivity (Wildman–Crippen MR) is 138 cm³/mol. The summed E-state index contributed by atoms with van der Waals surface area (Å²) in [6, 6.07) is 9.99. The highest BCUT2D eigenvalue weighted by atomic mass is 16.3. The Labute approximate surface area is 204 Å². The molecule has 2 N–H and O–H groups in total. The molecule has 0 fully saturated rings. The molecule has 8 heteroatoms. The maximum Gasteiger partial charge on any atom is 0.278 e. The summed E-state index contributed by atoms with van der Waals surface area (Å²) in [5.74, 6) is 0.411. The van der Waals surface area contributed by atoms with Crippen molar-refractivity contribution in [2.45, 2.75) is 71.4 Å². The fourth-order valence-corrected chi connectivity index (χ4v) is 4.68. The third-order valence-electron chi connectivity index (χ3n) is 6.53. The highest BCUT2D eigenvalue weighted by molar-refractivity contribution is 5.77. The maximum absolute atomic E-state index is 13.3. The summed E-state index contributed by atoms with van der Waals surface area (Å²) in [5, 5.41) is 13.8. The van der Waals surface area contributed by atoms with Gasteiger partial charge in [-0.25, -0.2) is 14.3 Å². The van der Waals surface area contributed by atoms with Crippen molar-refractivity contribution in [2.24, 2.45) is 0 Å². The standard InChI is InChI=1S/C27H32N6O2/c1-16(2)32-25(35)22-15-29-26(30-19-8-6-17-7-9-21(34)13-18(17)12-19)31-24(22)33(32)20-10-11-28-23(14-20)27(3,4)5/h6,8,10-12,14-16,21,34H,7,9,13H2,1-5H3,(H,29,30,31). The van der Waals surface area contributed by atoms with Gasteiger partial charge in [0, 0.05) is 35.2 Å². The van der Waals surface area contributed by atoms with E-state index in [9.17, 15) is 9.90 Å². The first-order valence-electron chi connectivity index (χ1n) is 12.2. The van der Waals surface area contributed by atoms with E-state index in [1.54, 1.807) is 17.1 Å². The number of aromatic nitrogens is 5. The van der Waals surface area contributed by atoms with E-state index in [1.165, 1.54) is 5.56 Å². The van der Waals surface area contributed by atoms with Crippen LogP contribution in [0.3, 0.4) is 0 Å². The van der Waals surface area contributed by atoms with Crippen LogP contribution in [-0.2, 0) is 18.3 Å². The number of aryl methyl sites for hydroxylation is 1. The second-order valence-electron chi connectivity index (χ2n) is 10.6. The number of anilines is 2. The molecule has 1 aliphatic rings. The molecule has 182 valence electrons. The zero-order valence-corrected chi connectivity index (χ0v) is 20.9. The lowest BCUT2D eigenvalue weighted by atomic mass is 9.89. The van der Waals surface area contributed by atoms with Gasteiger partial charge in [0.05, 0.1) is 11.8 Å². The second-order valence-corrected chi connectivity index (χ2v) is 10.6. The molecule has 3 heterocycles. The van der Waals surface area contributed by atoms with Gasteiger partial charge in [-0.15, -0.1) is 0 Å². The lowest BCUT2D eigenvalue weighted by Gasteiger charge is -2.21. The van der Waals surface area contributed by atoms with Crippen molar-refractivity contribution in [3.8, 4) is 5.69 Å². The summed E-state index contributed by atoms with van der Waals surface area (Å²) in [7, 11) is 0. The van der Waals surface area contributed by atoms with Crippen LogP contribution in [0, 0.1) is 0 Å². The minimum atomic E-state index is -0.297. The monoisotopic (exact) mass is 472 g/mol. The van der Waals surface area contributed by atoms with Gasteiger partial charge in [0.2, 0.25) is 5.95 Å². The summed E-state index contributed by atoms with van der Waals surface area (Å²) >= 11 is 0. The third-order valence-corrected chi connectivity index (χ3v) is 6.53. The number of rotatable bonds is 4. The number of hydrogen-bond donors (Lipinski definition) is 2. The molecular formula is C27H32N6O2. The number of fused-ring (bicyclic) bond motifs is 2. The molecule has 0 aliphatic heterocycles. The Kier molecular flexibility index (Phi) is 5.71. The number of pyridine rings is 1. The molecule has 0 radical (unpaired) electrons. The van der Waals surface area contributed by atoms with Gasteiger partial charge in [0.1, 0.15) is 5.39 Å². The van der Waals surface area contributed by atoms with Crippen LogP contribution in [-0.4, -0.2) is 35.5 Å². The summed E-state index contributed by atoms with van der Waals surface area (Å²) in [4.78, 5) is 27.1. The van der Waals surface area contributed by atoms with E-state index >= 15 is 0 Å². The average molecular weight is 473 g/mol. The maximum atomic E-state index is 13.3. The smallest absolute Gasteiger partial charge is 0.278 e. The largest absolute Gasteiger partial charge is 0.393 e. The first-order chi connectivity index (χ1) is 16.6. The van der Waals surface area contributed by atoms with E-state index in [4.69, 9.17) is 4.98 Å². The molecule has 5 rings (SSSR count). The Bertz CT molecular complexity index is 1460. The van der Waals surface area contributed by atoms with Gasteiger partial charge in [-0.05, 0) is 68.5 Å². The van der Waals surface area contributed by atoms with Crippen LogP contribution in [0.5, 0.6) is 0 Å². The molecule has 8 nitrogen and oxygen atoms in total. The summed E-state index contributed by atoms with van der Waals surface area (Å²) in [5.41, 5.74) is 5.31. The summed E-state index contributed by atoms with van der Waals surface area (Å²) in [6.07, 6.45) is 5.41. The van der Waals surface area contributed by atoms with Gasteiger partial charge in [-0.1, -0.05) is 26.8 Å². The lowest BCUT2D eigenvalue weighted by molar-refractivity contribution is 0.158. The van der Waals surface area contributed by atoms with Crippen molar-refractivity contribution in [1.82, 2.24) is 24.3 Å². The van der Waals surface area contributed by atoms with Crippen molar-refractivity contribution < 1.29 is 5.11 Å². The average Bonchev–Trinajstić information content (AvgIpc) is 3.10. The Morgan fingerprint density at radius 3 is 2.66 bits per heavy atom. The molecule has 0 bridgehead atoms. The first kappa shape index (κ1) is 23.2. The van der Waals surface area contributed by atoms with Crippen LogP contribution < -0.4 is 10.9 Å². The Morgan fingerprint density at radius 2 is 1.91 bits per heavy atom. The normalized spacial score (nSPS) is 16.0. The zero-order valence-electron chi connectivity index (χ0n) is 20.9. The van der Waals surface area contributed by atoms with Crippen LogP contribution in [0.15, 0.2) is 47.5 Å². The fourth-order valence-electron chi connectivity index (χ4n) is 4.68. The van der Waals surface area contributed by atoms with Crippen molar-refractivity contribution in [3.05, 3.63) is 69.9 Å². The van der Waals surface area contributed by atoms with Crippen molar-refractivity contribution in [3.63, 3.8) is 0 Å². The Balaban J connectivity index is 1.61. The molecule has 3 aromatic heterocycles. The number of aliphatic hydroxyl groups excluding tert-OH is 1. The van der Waals surface area contributed by atoms with Gasteiger partial charge < -0.3 is 10.4 Å². The van der Waals surface area contributed by atoms with Crippen molar-refractivity contribution in [1.29, 1.82) is 0 Å². The van der Waals surface area contributed by atoms with Crippen LogP contribution in [0.25, 0.3) is 16.7 Å². The van der Waals surface area contributed by atoms with Gasteiger partial charge in [0.25, 0.3) is 5.56 Å². The van der Waals surface area contributed by atoms with Crippen LogP contribution in [0.2, 0.25) is 0 Å². The molecule has 4 aromatic rings. The molecule has 0 saturated heterocycles. The first-order valence-corrected chi connectivity index (χ1v) is 12.2. The molecular weight excluding hydrogens is 440 g/mol. The van der Waals surface area contributed by atoms with E-state index in [-0.39, 0.29) is 23.1 Å². The Hall–Kier alpha value is -3.52. The number of aliphatic hydroxyl groups is 1. The number of benzene rings is 1. The van der Waals surface area contributed by atoms with E-state index in [0.29, 0.717) is 23.4 Å². The molecule has 1 aliphatic carbocycles. The molecule has 1 unspecified atom stereocenters. The number of hydrogen-bond acceptors (Lipinski definition) is 6. The topological polar surface area (TPSA) is 97.9 Å². The SMILES string of the molecule is CC(C)n1c(=O)c2cnc(Nc3ccc4c(c3)CC(O)CC4)nc2n1-c1ccnc(C(C)(C)C)c1. The summed E-state index contributed by atoms with van der Waals surface area (Å²) in [6.45, 7) is 10.3. The third kappa shape index (κ3) is 4.34. The summed E-state index contributed by atoms with van der Waals surface area (Å²) < 4.78 is 3.58. The Morgan fingerprint density at radius 1 is 1.11 bits per heavy atom. The van der Waals surface area contributed by atoms with Crippen LogP contribution in [0.4, 0.5) is 11.6 Å². The van der Waals surface area contributed by atoms with E-state index in [1.807, 2.05) is 36.7 Å². The lowest BCUT2D eigenvalue weighted by Crippen LogP contribution is -2.24. The highest BCUT2D eigenvalue weighted by Gasteiger charge is 2.22. The van der Waals surface area contributed by atoms with Gasteiger partial charge in [-0.2, -0.15) is 4.98 Å². The van der Waals surface area contributed by atoms with Gasteiger partial charge in [0.15, 0.2) is 5.65 Å². The predicted octanol–water partition coefficient (Wildman–Crippen LogP) is 4.45. The van der Waals surface area contributed by atoms with Crippen molar-refractivity contribution >= 4 is 22.7 Å². The highest BCUT2D eigenvalue weighted by Crippen LogP contribution is 2.27. The van der Waals surface area contributed by atoms with E-state index < -0.39 is 0 Å². The molecule has 1 aromatic carbocycles. The minimum absolute atomic E-state index is 0.0774. The van der Waals surface area contributed by atoms with Gasteiger partial charge >= 0.3 is 0 Å². The fraction of sp³-hybridized carbons (Fsp3) is 0.407. The number of nitrogens with zero attached hydrogens (tertiary/aromatic N) is 5. The van der Waals surface area contributed by atoms with Gasteiger partial charge in [-0.3, -0.25) is 9.78 Å². The zero-order chi connectivity index (χ0) is 24.9. The van der Waals surface area contributed by atoms with Crippen LogP contribution in [0.1, 0.15) is 63.9 Å². The molecule has 0 amide bonds. The van der Waals surface area contributed by atoms with E-state index in [2.05, 4.69) is 48.2 Å². The number of nitrogens with one attached hydrogen (secondary N) is 1. The molecule has 35 heavy (non-hydrogen) atoms.